The minimum atomic E-state index is -4.55. The molecular formula is C20H15BrF3N7. The number of hydrogen-bond donors (Lipinski definition) is 0. The molecule has 0 aliphatic carbocycles. The van der Waals surface area contributed by atoms with E-state index in [2.05, 4.69) is 45.8 Å². The number of hydrogen-bond acceptors (Lipinski definition) is 7. The van der Waals surface area contributed by atoms with E-state index >= 15 is 0 Å². The molecule has 0 radical (unpaired) electrons. The zero-order chi connectivity index (χ0) is 22.2. The molecule has 0 bridgehead atoms. The van der Waals surface area contributed by atoms with Crippen molar-refractivity contribution >= 4 is 32.7 Å². The Bertz CT molecular complexity index is 1230. The molecule has 31 heavy (non-hydrogen) atoms. The topological polar surface area (TPSA) is 80.6 Å². The highest BCUT2D eigenvalue weighted by molar-refractivity contribution is 9.10. The van der Waals surface area contributed by atoms with Gasteiger partial charge >= 0.3 is 6.18 Å². The fourth-order valence-corrected chi connectivity index (χ4v) is 3.69. The number of nitrogens with zero attached hydrogens (tertiary/aromatic N) is 7. The Hall–Kier alpha value is -3.21. The van der Waals surface area contributed by atoms with E-state index in [0.29, 0.717) is 23.0 Å². The first-order valence-corrected chi connectivity index (χ1v) is 9.89. The van der Waals surface area contributed by atoms with E-state index in [1.54, 1.807) is 42.7 Å². The Morgan fingerprint density at radius 3 is 2.35 bits per heavy atom. The van der Waals surface area contributed by atoms with Crippen LogP contribution in [0.1, 0.15) is 24.2 Å². The summed E-state index contributed by atoms with van der Waals surface area (Å²) in [6, 6.07) is 3.87. The van der Waals surface area contributed by atoms with Crippen molar-refractivity contribution in [2.45, 2.75) is 19.1 Å². The third-order valence-corrected chi connectivity index (χ3v) is 5.26. The molecule has 3 aromatic heterocycles. The maximum atomic E-state index is 13.6. The molecule has 0 N–H and O–H groups in total. The van der Waals surface area contributed by atoms with Crippen molar-refractivity contribution in [3.05, 3.63) is 65.0 Å². The summed E-state index contributed by atoms with van der Waals surface area (Å²) in [6.45, 7) is 1.85. The molecule has 11 heteroatoms. The minimum Gasteiger partial charge on any atom is -0.351 e. The van der Waals surface area contributed by atoms with Crippen LogP contribution < -0.4 is 4.90 Å². The van der Waals surface area contributed by atoms with Crippen LogP contribution in [0.5, 0.6) is 0 Å². The SMILES string of the molecule is CC(c1nccnc1-c1ncccn1)N(C)c1ncnc2c(C(F)(F)F)cc(Br)cc12. The number of halogens is 4. The smallest absolute Gasteiger partial charge is 0.351 e. The van der Waals surface area contributed by atoms with E-state index in [-0.39, 0.29) is 15.4 Å². The van der Waals surface area contributed by atoms with Crippen molar-refractivity contribution in [3.8, 4) is 11.5 Å². The van der Waals surface area contributed by atoms with Gasteiger partial charge in [0.05, 0.1) is 22.8 Å². The summed E-state index contributed by atoms with van der Waals surface area (Å²) < 4.78 is 41.0. The van der Waals surface area contributed by atoms with E-state index < -0.39 is 17.8 Å². The lowest BCUT2D eigenvalue weighted by molar-refractivity contribution is -0.136. The van der Waals surface area contributed by atoms with Gasteiger partial charge in [0.15, 0.2) is 5.82 Å². The first-order chi connectivity index (χ1) is 14.8. The Kier molecular flexibility index (Phi) is 5.52. The zero-order valence-electron chi connectivity index (χ0n) is 16.3. The molecule has 0 fully saturated rings. The molecule has 0 saturated carbocycles. The minimum absolute atomic E-state index is 0.175. The lowest BCUT2D eigenvalue weighted by atomic mass is 10.1. The van der Waals surface area contributed by atoms with Crippen molar-refractivity contribution < 1.29 is 13.2 Å². The Labute approximate surface area is 183 Å². The number of rotatable bonds is 4. The normalized spacial score (nSPS) is 12.7. The van der Waals surface area contributed by atoms with Gasteiger partial charge < -0.3 is 4.90 Å². The molecule has 3 heterocycles. The third-order valence-electron chi connectivity index (χ3n) is 4.80. The van der Waals surface area contributed by atoms with Crippen LogP contribution in [-0.2, 0) is 6.18 Å². The number of anilines is 1. The molecule has 4 rings (SSSR count). The standard InChI is InChI=1S/C20H15BrF3N7/c1-11(15-17(26-7-6-25-15)18-27-4-3-5-28-18)31(2)19-13-8-12(21)9-14(20(22,23)24)16(13)29-10-30-19/h3-11H,1-2H3. The number of aromatic nitrogens is 6. The molecule has 0 amide bonds. The van der Waals surface area contributed by atoms with Gasteiger partial charge in [0, 0.05) is 41.7 Å². The first kappa shape index (κ1) is 21.0. The van der Waals surface area contributed by atoms with E-state index in [1.165, 1.54) is 6.20 Å². The van der Waals surface area contributed by atoms with Crippen molar-refractivity contribution in [2.24, 2.45) is 0 Å². The van der Waals surface area contributed by atoms with Gasteiger partial charge in [-0.3, -0.25) is 4.98 Å². The van der Waals surface area contributed by atoms with Crippen LogP contribution in [0.4, 0.5) is 19.0 Å². The quantitative estimate of drug-likeness (QED) is 0.405. The third kappa shape index (κ3) is 4.05. The highest BCUT2D eigenvalue weighted by Crippen LogP contribution is 2.39. The van der Waals surface area contributed by atoms with Crippen LogP contribution in [0.25, 0.3) is 22.4 Å². The van der Waals surface area contributed by atoms with Crippen LogP contribution in [0.15, 0.2) is 53.8 Å². The van der Waals surface area contributed by atoms with Crippen molar-refractivity contribution in [1.82, 2.24) is 29.9 Å². The largest absolute Gasteiger partial charge is 0.418 e. The molecule has 7 nitrogen and oxygen atoms in total. The van der Waals surface area contributed by atoms with Gasteiger partial charge in [0.2, 0.25) is 0 Å². The average Bonchev–Trinajstić information content (AvgIpc) is 2.77. The monoisotopic (exact) mass is 489 g/mol. The molecule has 4 aromatic rings. The molecule has 1 aromatic carbocycles. The van der Waals surface area contributed by atoms with Gasteiger partial charge in [-0.15, -0.1) is 0 Å². The number of alkyl halides is 3. The van der Waals surface area contributed by atoms with Crippen LogP contribution in [0.2, 0.25) is 0 Å². The lowest BCUT2D eigenvalue weighted by Crippen LogP contribution is -2.25. The fourth-order valence-electron chi connectivity index (χ4n) is 3.23. The molecule has 158 valence electrons. The van der Waals surface area contributed by atoms with Gasteiger partial charge in [0.25, 0.3) is 0 Å². The maximum absolute atomic E-state index is 13.6. The average molecular weight is 490 g/mol. The summed E-state index contributed by atoms with van der Waals surface area (Å²) in [7, 11) is 1.73. The van der Waals surface area contributed by atoms with Crippen LogP contribution in [-0.4, -0.2) is 37.0 Å². The summed E-state index contributed by atoms with van der Waals surface area (Å²) in [6.07, 6.45) is 2.85. The van der Waals surface area contributed by atoms with Gasteiger partial charge in [-0.2, -0.15) is 13.2 Å². The summed E-state index contributed by atoms with van der Waals surface area (Å²) in [4.78, 5) is 27.2. The van der Waals surface area contributed by atoms with Gasteiger partial charge in [0.1, 0.15) is 17.8 Å². The van der Waals surface area contributed by atoms with E-state index in [4.69, 9.17) is 0 Å². The molecular weight excluding hydrogens is 475 g/mol. The predicted octanol–water partition coefficient (Wildman–Crippen LogP) is 4.86. The van der Waals surface area contributed by atoms with Gasteiger partial charge in [-0.25, -0.2) is 24.9 Å². The van der Waals surface area contributed by atoms with Crippen LogP contribution >= 0.6 is 15.9 Å². The predicted molar refractivity (Wildman–Crippen MR) is 112 cm³/mol. The summed E-state index contributed by atoms with van der Waals surface area (Å²) in [5.74, 6) is 0.732. The second-order valence-electron chi connectivity index (χ2n) is 6.69. The number of benzene rings is 1. The van der Waals surface area contributed by atoms with Crippen molar-refractivity contribution in [2.75, 3.05) is 11.9 Å². The second kappa shape index (κ2) is 8.14. The Morgan fingerprint density at radius 1 is 0.935 bits per heavy atom. The lowest BCUT2D eigenvalue weighted by Gasteiger charge is -2.27. The molecule has 0 saturated heterocycles. The van der Waals surface area contributed by atoms with Gasteiger partial charge in [-0.05, 0) is 25.1 Å². The highest BCUT2D eigenvalue weighted by atomic mass is 79.9. The zero-order valence-corrected chi connectivity index (χ0v) is 17.9. The molecule has 1 atom stereocenters. The maximum Gasteiger partial charge on any atom is 0.418 e. The Morgan fingerprint density at radius 2 is 1.65 bits per heavy atom. The summed E-state index contributed by atoms with van der Waals surface area (Å²) in [5.41, 5.74) is 0.0388. The molecule has 0 aliphatic rings. The van der Waals surface area contributed by atoms with E-state index in [9.17, 15) is 13.2 Å². The van der Waals surface area contributed by atoms with Crippen LogP contribution in [0, 0.1) is 0 Å². The molecule has 1 unspecified atom stereocenters. The highest BCUT2D eigenvalue weighted by Gasteiger charge is 2.34. The van der Waals surface area contributed by atoms with E-state index in [0.717, 1.165) is 12.4 Å². The van der Waals surface area contributed by atoms with Crippen molar-refractivity contribution in [1.29, 1.82) is 0 Å². The Balaban J connectivity index is 1.83. The van der Waals surface area contributed by atoms with E-state index in [1.807, 2.05) is 6.92 Å². The summed E-state index contributed by atoms with van der Waals surface area (Å²) >= 11 is 3.17. The molecule has 0 spiro atoms. The van der Waals surface area contributed by atoms with Crippen LogP contribution in [0.3, 0.4) is 0 Å². The first-order valence-electron chi connectivity index (χ1n) is 9.10. The fraction of sp³-hybridized carbons (Fsp3) is 0.200. The molecule has 0 aliphatic heterocycles. The summed E-state index contributed by atoms with van der Waals surface area (Å²) in [5, 5.41) is 0.264. The second-order valence-corrected chi connectivity index (χ2v) is 7.61. The number of fused-ring (bicyclic) bond motifs is 1. The van der Waals surface area contributed by atoms with Crippen molar-refractivity contribution in [3.63, 3.8) is 0 Å². The van der Waals surface area contributed by atoms with Gasteiger partial charge in [-0.1, -0.05) is 15.9 Å².